The van der Waals surface area contributed by atoms with E-state index in [4.69, 9.17) is 0 Å². The Morgan fingerprint density at radius 1 is 1.44 bits per heavy atom. The van der Waals surface area contributed by atoms with Crippen molar-refractivity contribution in [3.8, 4) is 0 Å². The highest BCUT2D eigenvalue weighted by Gasteiger charge is 2.21. The molecule has 0 radical (unpaired) electrons. The summed E-state index contributed by atoms with van der Waals surface area (Å²) < 4.78 is 0. The molecule has 1 aromatic rings. The fourth-order valence-electron chi connectivity index (χ4n) is 1.75. The third kappa shape index (κ3) is 4.20. The Morgan fingerprint density at radius 2 is 2.28 bits per heavy atom. The zero-order valence-corrected chi connectivity index (χ0v) is 11.1. The predicted octanol–water partition coefficient (Wildman–Crippen LogP) is 1.87. The van der Waals surface area contributed by atoms with Crippen LogP contribution in [0, 0.1) is 0 Å². The van der Waals surface area contributed by atoms with Gasteiger partial charge < -0.3 is 5.32 Å². The molecule has 0 spiro atoms. The van der Waals surface area contributed by atoms with E-state index in [2.05, 4.69) is 34.9 Å². The summed E-state index contributed by atoms with van der Waals surface area (Å²) in [6.07, 6.45) is 5.03. The van der Waals surface area contributed by atoms with Gasteiger partial charge in [-0.25, -0.2) is 0 Å². The smallest absolute Gasteiger partial charge is 0.238 e. The molecule has 1 saturated heterocycles. The third-order valence-electron chi connectivity index (χ3n) is 2.75. The highest BCUT2D eigenvalue weighted by Crippen LogP contribution is 2.09. The Bertz CT molecular complexity index is 400. The molecule has 0 bridgehead atoms. The van der Waals surface area contributed by atoms with E-state index >= 15 is 0 Å². The number of carbonyl (C=O) groups is 1. The summed E-state index contributed by atoms with van der Waals surface area (Å²) >= 11 is 1.77. The number of thioether (sulfide) groups is 1. The summed E-state index contributed by atoms with van der Waals surface area (Å²) in [6, 6.07) is 10.2. The molecule has 1 aromatic carbocycles. The Labute approximate surface area is 112 Å². The van der Waals surface area contributed by atoms with Crippen LogP contribution in [0.1, 0.15) is 12.0 Å². The number of hydrogen-bond donors (Lipinski definition) is 2. The molecule has 1 amide bonds. The van der Waals surface area contributed by atoms with Gasteiger partial charge in [-0.2, -0.15) is 0 Å². The van der Waals surface area contributed by atoms with Crippen molar-refractivity contribution in [2.45, 2.75) is 12.5 Å². The molecule has 2 N–H and O–H groups in total. The van der Waals surface area contributed by atoms with E-state index in [0.717, 1.165) is 18.1 Å². The minimum absolute atomic E-state index is 0.00639. The molecule has 0 aromatic heterocycles. The number of rotatable bonds is 5. The van der Waals surface area contributed by atoms with E-state index < -0.39 is 0 Å². The first kappa shape index (κ1) is 13.2. The Kier molecular flexibility index (Phi) is 5.30. The van der Waals surface area contributed by atoms with Gasteiger partial charge in [-0.15, -0.1) is 11.8 Å². The molecule has 3 nitrogen and oxygen atoms in total. The van der Waals surface area contributed by atoms with Crippen LogP contribution in [0.15, 0.2) is 36.4 Å². The summed E-state index contributed by atoms with van der Waals surface area (Å²) in [4.78, 5) is 11.7. The highest BCUT2D eigenvalue weighted by molar-refractivity contribution is 7.99. The third-order valence-corrected chi connectivity index (χ3v) is 3.69. The van der Waals surface area contributed by atoms with Gasteiger partial charge in [0.05, 0.1) is 6.04 Å². The van der Waals surface area contributed by atoms with Gasteiger partial charge in [0.25, 0.3) is 0 Å². The van der Waals surface area contributed by atoms with Crippen LogP contribution in [-0.2, 0) is 4.79 Å². The minimum Gasteiger partial charge on any atom is -0.354 e. The van der Waals surface area contributed by atoms with Crippen LogP contribution in [0.3, 0.4) is 0 Å². The second-order valence-electron chi connectivity index (χ2n) is 4.16. The average molecular weight is 262 g/mol. The maximum Gasteiger partial charge on any atom is 0.238 e. The summed E-state index contributed by atoms with van der Waals surface area (Å²) in [5.74, 6) is 1.88. The lowest BCUT2D eigenvalue weighted by atomic mass is 10.2. The molecular weight excluding hydrogens is 244 g/mol. The van der Waals surface area contributed by atoms with Crippen LogP contribution in [0.4, 0.5) is 0 Å². The van der Waals surface area contributed by atoms with E-state index in [1.807, 2.05) is 18.2 Å². The predicted molar refractivity (Wildman–Crippen MR) is 77.4 cm³/mol. The second kappa shape index (κ2) is 7.24. The van der Waals surface area contributed by atoms with Crippen molar-refractivity contribution < 1.29 is 4.79 Å². The Morgan fingerprint density at radius 3 is 3.00 bits per heavy atom. The molecular formula is C14H18N2OS. The standard InChI is InChI=1S/C14H18N2OS/c17-14(13-10-18-11-16-13)15-9-5-4-8-12-6-2-1-3-7-12/h1-4,6-8,13,16H,5,9-11H2,(H,15,17)/b8-4+. The quantitative estimate of drug-likeness (QED) is 0.796. The molecule has 18 heavy (non-hydrogen) atoms. The molecule has 0 saturated carbocycles. The molecule has 1 heterocycles. The highest BCUT2D eigenvalue weighted by atomic mass is 32.2. The molecule has 1 atom stereocenters. The van der Waals surface area contributed by atoms with E-state index in [1.165, 1.54) is 5.56 Å². The maximum atomic E-state index is 11.7. The van der Waals surface area contributed by atoms with Gasteiger partial charge >= 0.3 is 0 Å². The number of amides is 1. The zero-order valence-electron chi connectivity index (χ0n) is 10.3. The lowest BCUT2D eigenvalue weighted by Gasteiger charge is -2.09. The molecule has 1 unspecified atom stereocenters. The van der Waals surface area contributed by atoms with Crippen molar-refractivity contribution >= 4 is 23.7 Å². The normalized spacial score (nSPS) is 19.2. The number of hydrogen-bond acceptors (Lipinski definition) is 3. The van der Waals surface area contributed by atoms with Gasteiger partial charge in [-0.05, 0) is 12.0 Å². The Balaban J connectivity index is 1.64. The van der Waals surface area contributed by atoms with Gasteiger partial charge in [0.1, 0.15) is 0 Å². The van der Waals surface area contributed by atoms with Crippen LogP contribution in [-0.4, -0.2) is 30.1 Å². The van der Waals surface area contributed by atoms with Gasteiger partial charge in [0.15, 0.2) is 0 Å². The van der Waals surface area contributed by atoms with E-state index in [-0.39, 0.29) is 11.9 Å². The molecule has 4 heteroatoms. The van der Waals surface area contributed by atoms with Crippen LogP contribution >= 0.6 is 11.8 Å². The van der Waals surface area contributed by atoms with Crippen LogP contribution in [0.5, 0.6) is 0 Å². The topological polar surface area (TPSA) is 41.1 Å². The average Bonchev–Trinajstić information content (AvgIpc) is 2.93. The molecule has 2 rings (SSSR count). The second-order valence-corrected chi connectivity index (χ2v) is 5.19. The first-order chi connectivity index (χ1) is 8.86. The van der Waals surface area contributed by atoms with Crippen molar-refractivity contribution in [2.75, 3.05) is 18.2 Å². The fraction of sp³-hybridized carbons (Fsp3) is 0.357. The van der Waals surface area contributed by atoms with E-state index in [9.17, 15) is 4.79 Å². The van der Waals surface area contributed by atoms with Crippen LogP contribution in [0.2, 0.25) is 0 Å². The summed E-state index contributed by atoms with van der Waals surface area (Å²) in [5, 5.41) is 6.10. The number of carbonyl (C=O) groups excluding carboxylic acids is 1. The van der Waals surface area contributed by atoms with Crippen molar-refractivity contribution in [3.05, 3.63) is 42.0 Å². The molecule has 1 aliphatic rings. The summed E-state index contributed by atoms with van der Waals surface area (Å²) in [7, 11) is 0. The van der Waals surface area contributed by atoms with Gasteiger partial charge in [-0.1, -0.05) is 42.5 Å². The van der Waals surface area contributed by atoms with Crippen molar-refractivity contribution in [3.63, 3.8) is 0 Å². The summed E-state index contributed by atoms with van der Waals surface area (Å²) in [6.45, 7) is 0.699. The lowest BCUT2D eigenvalue weighted by Crippen LogP contribution is -2.42. The largest absolute Gasteiger partial charge is 0.354 e. The summed E-state index contributed by atoms with van der Waals surface area (Å²) in [5.41, 5.74) is 1.19. The van der Waals surface area contributed by atoms with Crippen LogP contribution < -0.4 is 10.6 Å². The van der Waals surface area contributed by atoms with Crippen molar-refractivity contribution in [2.24, 2.45) is 0 Å². The number of nitrogens with one attached hydrogen (secondary N) is 2. The zero-order chi connectivity index (χ0) is 12.6. The maximum absolute atomic E-state index is 11.7. The first-order valence-electron chi connectivity index (χ1n) is 6.17. The lowest BCUT2D eigenvalue weighted by molar-refractivity contribution is -0.122. The molecule has 0 aliphatic carbocycles. The SMILES string of the molecule is O=C(NCC/C=C/c1ccccc1)C1CSCN1. The molecule has 96 valence electrons. The number of benzene rings is 1. The van der Waals surface area contributed by atoms with Gasteiger partial charge in [0, 0.05) is 18.2 Å². The van der Waals surface area contributed by atoms with E-state index in [0.29, 0.717) is 6.54 Å². The fourth-order valence-corrected chi connectivity index (χ4v) is 2.69. The first-order valence-corrected chi connectivity index (χ1v) is 7.32. The van der Waals surface area contributed by atoms with Crippen molar-refractivity contribution in [1.29, 1.82) is 0 Å². The monoisotopic (exact) mass is 262 g/mol. The minimum atomic E-state index is -0.00639. The van der Waals surface area contributed by atoms with Gasteiger partial charge in [0.2, 0.25) is 5.91 Å². The molecule has 1 aliphatic heterocycles. The van der Waals surface area contributed by atoms with E-state index in [1.54, 1.807) is 11.8 Å². The Hall–Kier alpha value is -1.26. The molecule has 1 fully saturated rings. The van der Waals surface area contributed by atoms with Crippen LogP contribution in [0.25, 0.3) is 6.08 Å². The van der Waals surface area contributed by atoms with Gasteiger partial charge in [-0.3, -0.25) is 10.1 Å². The van der Waals surface area contributed by atoms with Crippen molar-refractivity contribution in [1.82, 2.24) is 10.6 Å².